The highest BCUT2D eigenvalue weighted by Crippen LogP contribution is 2.37. The summed E-state index contributed by atoms with van der Waals surface area (Å²) in [6.45, 7) is 4.57. The van der Waals surface area contributed by atoms with Crippen molar-refractivity contribution in [1.82, 2.24) is 24.2 Å². The van der Waals surface area contributed by atoms with Gasteiger partial charge in [-0.3, -0.25) is 18.9 Å². The third-order valence-corrected chi connectivity index (χ3v) is 6.68. The Labute approximate surface area is 245 Å². The fourth-order valence-electron chi connectivity index (χ4n) is 4.60. The predicted molar refractivity (Wildman–Crippen MR) is 147 cm³/mol. The van der Waals surface area contributed by atoms with Crippen molar-refractivity contribution in [3.05, 3.63) is 53.5 Å². The van der Waals surface area contributed by atoms with Gasteiger partial charge in [0.25, 0.3) is 5.91 Å². The molecule has 0 radical (unpaired) electrons. The van der Waals surface area contributed by atoms with Crippen LogP contribution in [-0.2, 0) is 22.2 Å². The zero-order valence-corrected chi connectivity index (χ0v) is 24.0. The summed E-state index contributed by atoms with van der Waals surface area (Å²) in [5.41, 5.74) is 0.229. The molecule has 1 unspecified atom stereocenters. The molecule has 224 valence electrons. The van der Waals surface area contributed by atoms with Crippen molar-refractivity contribution >= 4 is 34.9 Å². The minimum absolute atomic E-state index is 0.0578. The Balaban J connectivity index is 1.81. The number of hydrogen-bond donors (Lipinski definition) is 1. The van der Waals surface area contributed by atoms with E-state index in [1.54, 1.807) is 17.2 Å². The number of alkyl halides is 5. The lowest BCUT2D eigenvalue weighted by Gasteiger charge is -2.40. The van der Waals surface area contributed by atoms with E-state index in [1.165, 1.54) is 26.4 Å². The smallest absolute Gasteiger partial charge is 0.356 e. The van der Waals surface area contributed by atoms with Gasteiger partial charge in [-0.15, -0.1) is 23.2 Å². The first-order valence-electron chi connectivity index (χ1n) is 13.1. The number of nitrogens with zero attached hydrogens (tertiary/aromatic N) is 6. The van der Waals surface area contributed by atoms with Crippen molar-refractivity contribution in [3.63, 3.8) is 0 Å². The van der Waals surface area contributed by atoms with Crippen LogP contribution in [0.4, 0.5) is 19.0 Å². The lowest BCUT2D eigenvalue weighted by atomic mass is 10.1. The molecule has 1 N–H and O–H groups in total. The molecule has 0 bridgehead atoms. The maximum absolute atomic E-state index is 13.8. The van der Waals surface area contributed by atoms with Crippen LogP contribution in [0, 0.1) is 0 Å². The van der Waals surface area contributed by atoms with Crippen molar-refractivity contribution < 1.29 is 32.5 Å². The summed E-state index contributed by atoms with van der Waals surface area (Å²) in [6.07, 6.45) is -3.15. The van der Waals surface area contributed by atoms with Crippen LogP contribution in [-0.4, -0.2) is 79.7 Å². The summed E-state index contributed by atoms with van der Waals surface area (Å²) >= 11 is 11.8. The Morgan fingerprint density at radius 3 is 2.44 bits per heavy atom. The number of amides is 1. The Morgan fingerprint density at radius 1 is 1.12 bits per heavy atom. The fourth-order valence-corrected chi connectivity index (χ4v) is 4.78. The fraction of sp³-hybridized carbons (Fsp3) is 0.500. The van der Waals surface area contributed by atoms with Crippen molar-refractivity contribution in [2.24, 2.45) is 0 Å². The van der Waals surface area contributed by atoms with Crippen molar-refractivity contribution in [1.29, 1.82) is 0 Å². The second-order valence-electron chi connectivity index (χ2n) is 9.16. The zero-order chi connectivity index (χ0) is 29.7. The number of benzene rings is 1. The maximum Gasteiger partial charge on any atom is 0.416 e. The monoisotopic (exact) mass is 618 g/mol. The summed E-state index contributed by atoms with van der Waals surface area (Å²) in [5, 5.41) is 15.3. The number of imidazole rings is 1. The van der Waals surface area contributed by atoms with E-state index < -0.39 is 30.4 Å². The van der Waals surface area contributed by atoms with Gasteiger partial charge in [-0.1, -0.05) is 19.1 Å². The van der Waals surface area contributed by atoms with Crippen LogP contribution in [0.25, 0.3) is 11.4 Å². The molecule has 1 atom stereocenters. The number of carbonyl (C=O) groups is 1. The van der Waals surface area contributed by atoms with Gasteiger partial charge in [0.05, 0.1) is 37.1 Å². The zero-order valence-electron chi connectivity index (χ0n) is 22.5. The first-order valence-corrected chi connectivity index (χ1v) is 14.1. The number of aliphatic hydroxyl groups is 1. The number of ether oxygens (including phenoxy) is 2. The van der Waals surface area contributed by atoms with Crippen LogP contribution >= 0.6 is 23.2 Å². The largest absolute Gasteiger partial charge is 0.416 e. The Kier molecular flexibility index (Phi) is 10.2. The summed E-state index contributed by atoms with van der Waals surface area (Å²) in [7, 11) is 0. The van der Waals surface area contributed by atoms with Gasteiger partial charge >= 0.3 is 6.18 Å². The number of halogens is 5. The lowest BCUT2D eigenvalue weighted by molar-refractivity contribution is -0.185. The molecule has 0 saturated carbocycles. The van der Waals surface area contributed by atoms with Gasteiger partial charge in [-0.25, -0.2) is 4.98 Å². The standard InChI is InChI=1S/C26H31Cl2F3N6O4/c1-3-10-36-23(38)20-22(35(4-2)24(36)39)33-21(37(20)25(40-11-8-27)41-12-9-28)18-14-32-34(16-18)15-17-6-5-7-19(13-17)26(29,30)31/h5-7,13-14,16,24-25,39H,3-4,8-12,15H2,1-2H3. The molecule has 1 aliphatic rings. The summed E-state index contributed by atoms with van der Waals surface area (Å²) < 4.78 is 54.3. The molecule has 0 saturated heterocycles. The molecule has 4 rings (SSSR count). The van der Waals surface area contributed by atoms with Crippen LogP contribution in [0.15, 0.2) is 36.7 Å². The molecule has 10 nitrogen and oxygen atoms in total. The van der Waals surface area contributed by atoms with Gasteiger partial charge < -0.3 is 19.5 Å². The quantitative estimate of drug-likeness (QED) is 0.218. The highest BCUT2D eigenvalue weighted by atomic mass is 35.5. The molecule has 3 heterocycles. The van der Waals surface area contributed by atoms with E-state index in [4.69, 9.17) is 37.7 Å². The van der Waals surface area contributed by atoms with Gasteiger partial charge in [0.15, 0.2) is 11.5 Å². The number of anilines is 1. The number of aliphatic hydroxyl groups excluding tert-OH is 1. The number of rotatable bonds is 13. The number of hydrogen-bond acceptors (Lipinski definition) is 7. The molecule has 1 amide bonds. The molecule has 3 aromatic rings. The molecule has 0 fully saturated rings. The molecular weight excluding hydrogens is 588 g/mol. The normalized spacial score (nSPS) is 15.7. The lowest BCUT2D eigenvalue weighted by Crippen LogP contribution is -2.56. The Bertz CT molecular complexity index is 1330. The summed E-state index contributed by atoms with van der Waals surface area (Å²) in [6, 6.07) is 4.99. The van der Waals surface area contributed by atoms with Crippen LogP contribution in [0.3, 0.4) is 0 Å². The van der Waals surface area contributed by atoms with E-state index in [0.29, 0.717) is 30.6 Å². The molecule has 1 aliphatic heterocycles. The first-order chi connectivity index (χ1) is 19.6. The van der Waals surface area contributed by atoms with E-state index in [9.17, 15) is 23.1 Å². The van der Waals surface area contributed by atoms with Gasteiger partial charge in [0, 0.05) is 31.0 Å². The van der Waals surface area contributed by atoms with Gasteiger partial charge in [0.2, 0.25) is 12.8 Å². The third-order valence-electron chi connectivity index (χ3n) is 6.37. The third kappa shape index (κ3) is 6.64. The van der Waals surface area contributed by atoms with E-state index >= 15 is 0 Å². The minimum atomic E-state index is -4.47. The van der Waals surface area contributed by atoms with Gasteiger partial charge in [0.1, 0.15) is 5.82 Å². The first kappa shape index (κ1) is 31.1. The molecule has 1 aromatic carbocycles. The number of fused-ring (bicyclic) bond motifs is 1. The maximum atomic E-state index is 13.8. The van der Waals surface area contributed by atoms with Crippen LogP contribution in [0.5, 0.6) is 0 Å². The second-order valence-corrected chi connectivity index (χ2v) is 9.92. The van der Waals surface area contributed by atoms with E-state index in [1.807, 2.05) is 13.8 Å². The van der Waals surface area contributed by atoms with E-state index in [-0.39, 0.29) is 48.9 Å². The molecule has 0 aliphatic carbocycles. The van der Waals surface area contributed by atoms with Crippen molar-refractivity contribution in [3.8, 4) is 11.4 Å². The average Bonchev–Trinajstić information content (AvgIpc) is 3.56. The van der Waals surface area contributed by atoms with Crippen LogP contribution in [0.2, 0.25) is 0 Å². The molecule has 15 heteroatoms. The number of carbonyl (C=O) groups excluding carboxylic acids is 1. The Hall–Kier alpha value is -2.84. The van der Waals surface area contributed by atoms with Crippen molar-refractivity contribution in [2.45, 2.75) is 45.8 Å². The van der Waals surface area contributed by atoms with E-state index in [2.05, 4.69) is 5.10 Å². The van der Waals surface area contributed by atoms with Crippen LogP contribution < -0.4 is 4.90 Å². The predicted octanol–water partition coefficient (Wildman–Crippen LogP) is 4.75. The van der Waals surface area contributed by atoms with Gasteiger partial charge in [-0.2, -0.15) is 18.3 Å². The van der Waals surface area contributed by atoms with Crippen molar-refractivity contribution in [2.75, 3.05) is 43.0 Å². The SMILES string of the molecule is CCCN1C(=O)c2c(nc(-c3cnn(Cc4cccc(C(F)(F)F)c4)c3)n2C(OCCCl)OCCCl)N(CC)C1O. The molecule has 0 spiro atoms. The molecular formula is C26H31Cl2F3N6O4. The highest BCUT2D eigenvalue weighted by Gasteiger charge is 2.42. The minimum Gasteiger partial charge on any atom is -0.356 e. The van der Waals surface area contributed by atoms with Crippen LogP contribution in [0.1, 0.15) is 48.3 Å². The topological polar surface area (TPSA) is 97.9 Å². The summed E-state index contributed by atoms with van der Waals surface area (Å²) in [4.78, 5) is 21.4. The molecule has 41 heavy (non-hydrogen) atoms. The second kappa shape index (κ2) is 13.4. The average molecular weight is 619 g/mol. The summed E-state index contributed by atoms with van der Waals surface area (Å²) in [5.74, 6) is 0.307. The highest BCUT2D eigenvalue weighted by molar-refractivity contribution is 6.18. The van der Waals surface area contributed by atoms with E-state index in [0.717, 1.165) is 12.1 Å². The van der Waals surface area contributed by atoms with Gasteiger partial charge in [-0.05, 0) is 31.0 Å². The molecule has 2 aromatic heterocycles. The number of aromatic nitrogens is 4. The Morgan fingerprint density at radius 2 is 1.83 bits per heavy atom.